The summed E-state index contributed by atoms with van der Waals surface area (Å²) in [6, 6.07) is 7.09. The molecule has 1 unspecified atom stereocenters. The summed E-state index contributed by atoms with van der Waals surface area (Å²) in [4.78, 5) is 2.63. The lowest BCUT2D eigenvalue weighted by atomic mass is 9.95. The molecule has 2 N–H and O–H groups in total. The highest BCUT2D eigenvalue weighted by atomic mass is 15.2. The molecule has 2 nitrogen and oxygen atoms in total. The van der Waals surface area contributed by atoms with E-state index in [1.54, 1.807) is 0 Å². The van der Waals surface area contributed by atoms with E-state index in [-0.39, 0.29) is 0 Å². The highest BCUT2D eigenvalue weighted by Gasteiger charge is 2.22. The number of nitrogen functional groups attached to an aromatic ring is 1. The molecule has 1 atom stereocenters. The molecule has 1 aromatic rings. The van der Waals surface area contributed by atoms with Crippen molar-refractivity contribution in [3.05, 3.63) is 29.3 Å². The monoisotopic (exact) mass is 232 g/mol. The van der Waals surface area contributed by atoms with Gasteiger partial charge in [-0.15, -0.1) is 0 Å². The largest absolute Gasteiger partial charge is 0.398 e. The van der Waals surface area contributed by atoms with Crippen LogP contribution in [0, 0.1) is 0 Å². The Balaban J connectivity index is 2.12. The van der Waals surface area contributed by atoms with Gasteiger partial charge in [-0.3, -0.25) is 4.90 Å². The lowest BCUT2D eigenvalue weighted by Gasteiger charge is -2.35. The van der Waals surface area contributed by atoms with E-state index >= 15 is 0 Å². The Labute approximate surface area is 105 Å². The fraction of sp³-hybridized carbons (Fsp3) is 0.600. The van der Waals surface area contributed by atoms with E-state index < -0.39 is 0 Å². The molecule has 0 aliphatic carbocycles. The number of benzene rings is 1. The molecule has 0 aromatic heterocycles. The molecule has 2 rings (SSSR count). The van der Waals surface area contributed by atoms with E-state index in [9.17, 15) is 0 Å². The Kier molecular flexibility index (Phi) is 4.06. The first-order valence-corrected chi connectivity index (χ1v) is 6.86. The summed E-state index contributed by atoms with van der Waals surface area (Å²) in [5, 5.41) is 0. The van der Waals surface area contributed by atoms with Crippen molar-refractivity contribution in [2.45, 2.75) is 52.1 Å². The normalized spacial score (nSPS) is 17.8. The molecule has 0 radical (unpaired) electrons. The predicted octanol–water partition coefficient (Wildman–Crippen LogP) is 3.21. The number of hydrogen-bond acceptors (Lipinski definition) is 2. The maximum atomic E-state index is 6.04. The summed E-state index contributed by atoms with van der Waals surface area (Å²) in [6.07, 6.45) is 4.96. The number of anilines is 1. The van der Waals surface area contributed by atoms with E-state index in [2.05, 4.69) is 30.9 Å². The van der Waals surface area contributed by atoms with Gasteiger partial charge in [-0.1, -0.05) is 32.4 Å². The van der Waals surface area contributed by atoms with Crippen molar-refractivity contribution >= 4 is 5.69 Å². The second-order valence-electron chi connectivity index (χ2n) is 5.06. The topological polar surface area (TPSA) is 29.3 Å². The van der Waals surface area contributed by atoms with Crippen LogP contribution in [0.15, 0.2) is 18.2 Å². The fourth-order valence-corrected chi connectivity index (χ4v) is 2.95. The first kappa shape index (κ1) is 12.4. The molecule has 1 heterocycles. The van der Waals surface area contributed by atoms with Gasteiger partial charge in [0.05, 0.1) is 0 Å². The van der Waals surface area contributed by atoms with Crippen molar-refractivity contribution in [1.29, 1.82) is 0 Å². The molecule has 0 amide bonds. The average Bonchev–Trinajstić information content (AvgIpc) is 2.36. The van der Waals surface area contributed by atoms with Crippen LogP contribution < -0.4 is 5.73 Å². The van der Waals surface area contributed by atoms with Crippen molar-refractivity contribution in [2.24, 2.45) is 0 Å². The summed E-state index contributed by atoms with van der Waals surface area (Å²) in [7, 11) is 0. The van der Waals surface area contributed by atoms with E-state index in [4.69, 9.17) is 5.73 Å². The molecule has 1 aliphatic rings. The summed E-state index contributed by atoms with van der Waals surface area (Å²) < 4.78 is 0. The minimum atomic E-state index is 0.745. The third-order valence-electron chi connectivity index (χ3n) is 3.94. The van der Waals surface area contributed by atoms with E-state index in [0.717, 1.165) is 24.7 Å². The van der Waals surface area contributed by atoms with Crippen molar-refractivity contribution in [3.8, 4) is 0 Å². The van der Waals surface area contributed by atoms with Crippen LogP contribution in [-0.2, 0) is 13.0 Å². The summed E-state index contributed by atoms with van der Waals surface area (Å²) >= 11 is 0. The van der Waals surface area contributed by atoms with Gasteiger partial charge in [0.1, 0.15) is 0 Å². The van der Waals surface area contributed by atoms with Crippen molar-refractivity contribution in [1.82, 2.24) is 4.90 Å². The third kappa shape index (κ3) is 2.63. The van der Waals surface area contributed by atoms with Crippen LogP contribution in [0.1, 0.15) is 44.2 Å². The molecular weight excluding hydrogens is 208 g/mol. The zero-order valence-corrected chi connectivity index (χ0v) is 11.1. The van der Waals surface area contributed by atoms with Crippen molar-refractivity contribution in [3.63, 3.8) is 0 Å². The highest BCUT2D eigenvalue weighted by molar-refractivity contribution is 5.51. The number of nitrogens with two attached hydrogens (primary N) is 1. The Morgan fingerprint density at radius 3 is 2.88 bits per heavy atom. The molecule has 17 heavy (non-hydrogen) atoms. The van der Waals surface area contributed by atoms with E-state index in [1.165, 1.54) is 36.9 Å². The SMILES string of the molecule is CCCC(CC)N1CCc2c(N)cccc2C1. The molecule has 94 valence electrons. The molecule has 0 fully saturated rings. The zero-order chi connectivity index (χ0) is 12.3. The van der Waals surface area contributed by atoms with Gasteiger partial charge in [-0.25, -0.2) is 0 Å². The molecule has 1 aromatic carbocycles. The molecular formula is C15H24N2. The summed E-state index contributed by atoms with van der Waals surface area (Å²) in [5.74, 6) is 0. The van der Waals surface area contributed by atoms with Crippen LogP contribution >= 0.6 is 0 Å². The Morgan fingerprint density at radius 1 is 1.35 bits per heavy atom. The minimum Gasteiger partial charge on any atom is -0.398 e. The van der Waals surface area contributed by atoms with Gasteiger partial charge in [-0.2, -0.15) is 0 Å². The molecule has 2 heteroatoms. The molecule has 0 spiro atoms. The maximum Gasteiger partial charge on any atom is 0.0350 e. The van der Waals surface area contributed by atoms with Gasteiger partial charge >= 0.3 is 0 Å². The second-order valence-corrected chi connectivity index (χ2v) is 5.06. The van der Waals surface area contributed by atoms with Gasteiger partial charge in [0, 0.05) is 24.8 Å². The lowest BCUT2D eigenvalue weighted by molar-refractivity contribution is 0.164. The van der Waals surface area contributed by atoms with Crippen LogP contribution in [0.4, 0.5) is 5.69 Å². The Morgan fingerprint density at radius 2 is 2.18 bits per heavy atom. The van der Waals surface area contributed by atoms with Crippen LogP contribution in [0.3, 0.4) is 0 Å². The van der Waals surface area contributed by atoms with E-state index in [1.807, 2.05) is 6.07 Å². The Hall–Kier alpha value is -1.02. The maximum absolute atomic E-state index is 6.04. The first-order chi connectivity index (χ1) is 8.26. The first-order valence-electron chi connectivity index (χ1n) is 6.86. The molecule has 0 saturated heterocycles. The van der Waals surface area contributed by atoms with Crippen LogP contribution in [0.25, 0.3) is 0 Å². The van der Waals surface area contributed by atoms with Crippen LogP contribution in [-0.4, -0.2) is 17.5 Å². The molecule has 0 saturated carbocycles. The van der Waals surface area contributed by atoms with Gasteiger partial charge < -0.3 is 5.73 Å². The van der Waals surface area contributed by atoms with Crippen LogP contribution in [0.5, 0.6) is 0 Å². The minimum absolute atomic E-state index is 0.745. The van der Waals surface area contributed by atoms with Gasteiger partial charge in [0.15, 0.2) is 0 Å². The summed E-state index contributed by atoms with van der Waals surface area (Å²) in [6.45, 7) is 6.83. The fourth-order valence-electron chi connectivity index (χ4n) is 2.95. The summed E-state index contributed by atoms with van der Waals surface area (Å²) in [5.41, 5.74) is 9.83. The Bertz CT molecular complexity index is 373. The quantitative estimate of drug-likeness (QED) is 0.808. The molecule has 1 aliphatic heterocycles. The van der Waals surface area contributed by atoms with E-state index in [0.29, 0.717) is 0 Å². The average molecular weight is 232 g/mol. The van der Waals surface area contributed by atoms with Crippen LogP contribution in [0.2, 0.25) is 0 Å². The zero-order valence-electron chi connectivity index (χ0n) is 11.1. The van der Waals surface area contributed by atoms with Gasteiger partial charge in [-0.05, 0) is 36.5 Å². The third-order valence-corrected chi connectivity index (χ3v) is 3.94. The standard InChI is InChI=1S/C15H24N2/c1-3-6-13(4-2)17-10-9-14-12(11-17)7-5-8-15(14)16/h5,7-8,13H,3-4,6,9-11,16H2,1-2H3. The predicted molar refractivity (Wildman–Crippen MR) is 74.0 cm³/mol. The smallest absolute Gasteiger partial charge is 0.0350 e. The second kappa shape index (κ2) is 5.54. The lowest BCUT2D eigenvalue weighted by Crippen LogP contribution is -2.39. The van der Waals surface area contributed by atoms with Crippen molar-refractivity contribution < 1.29 is 0 Å². The number of fused-ring (bicyclic) bond motifs is 1. The number of nitrogens with zero attached hydrogens (tertiary/aromatic N) is 1. The van der Waals surface area contributed by atoms with Gasteiger partial charge in [0.2, 0.25) is 0 Å². The number of rotatable bonds is 4. The highest BCUT2D eigenvalue weighted by Crippen LogP contribution is 2.26. The number of hydrogen-bond donors (Lipinski definition) is 1. The van der Waals surface area contributed by atoms with Gasteiger partial charge in [0.25, 0.3) is 0 Å². The molecule has 0 bridgehead atoms. The van der Waals surface area contributed by atoms with Crippen molar-refractivity contribution in [2.75, 3.05) is 12.3 Å².